The third-order valence-corrected chi connectivity index (χ3v) is 2.49. The molecule has 0 saturated heterocycles. The van der Waals surface area contributed by atoms with Gasteiger partial charge in [0.1, 0.15) is 0 Å². The molecule has 2 atom stereocenters. The Bertz CT molecular complexity index is 326. The molecule has 0 heterocycles. The third kappa shape index (κ3) is 3.32. The minimum atomic E-state index is -1.14. The van der Waals surface area contributed by atoms with Gasteiger partial charge in [0.05, 0.1) is 7.11 Å². The number of methoxy groups -OCH3 is 1. The third-order valence-electron chi connectivity index (χ3n) is 2.49. The molecule has 0 radical (unpaired) electrons. The fraction of sp³-hybridized carbons (Fsp3) is 0.417. The van der Waals surface area contributed by atoms with E-state index in [2.05, 4.69) is 10.1 Å². The molecule has 0 fully saturated rings. The molecule has 0 spiro atoms. The summed E-state index contributed by atoms with van der Waals surface area (Å²) in [4.78, 5) is 11.2. The molecule has 0 aromatic heterocycles. The Hall–Kier alpha value is -1.39. The van der Waals surface area contributed by atoms with Crippen LogP contribution in [-0.4, -0.2) is 37.4 Å². The van der Waals surface area contributed by atoms with Crippen LogP contribution in [0, 0.1) is 0 Å². The summed E-state index contributed by atoms with van der Waals surface area (Å²) in [6.45, 7) is 0. The maximum atomic E-state index is 11.2. The first-order chi connectivity index (χ1) is 7.69. The van der Waals surface area contributed by atoms with Crippen molar-refractivity contribution in [3.05, 3.63) is 35.9 Å². The Balaban J connectivity index is 2.65. The van der Waals surface area contributed by atoms with Gasteiger partial charge in [0.15, 0.2) is 6.10 Å². The van der Waals surface area contributed by atoms with Crippen molar-refractivity contribution >= 4 is 5.97 Å². The van der Waals surface area contributed by atoms with E-state index < -0.39 is 12.1 Å². The van der Waals surface area contributed by atoms with Crippen molar-refractivity contribution < 1.29 is 14.6 Å². The molecule has 0 aliphatic rings. The number of nitrogens with one attached hydrogen (secondary N) is 1. The molecule has 0 unspecified atom stereocenters. The number of aliphatic hydroxyl groups is 1. The molecule has 0 aliphatic heterocycles. The molecular formula is C12H17NO3. The van der Waals surface area contributed by atoms with Crippen molar-refractivity contribution in [1.82, 2.24) is 5.32 Å². The first kappa shape index (κ1) is 12.7. The fourth-order valence-electron chi connectivity index (χ4n) is 1.52. The van der Waals surface area contributed by atoms with E-state index >= 15 is 0 Å². The highest BCUT2D eigenvalue weighted by atomic mass is 16.5. The van der Waals surface area contributed by atoms with E-state index in [-0.39, 0.29) is 6.04 Å². The van der Waals surface area contributed by atoms with E-state index in [1.807, 2.05) is 30.3 Å². The minimum absolute atomic E-state index is 0.338. The highest BCUT2D eigenvalue weighted by Gasteiger charge is 2.25. The first-order valence-electron chi connectivity index (χ1n) is 5.16. The van der Waals surface area contributed by atoms with Crippen molar-refractivity contribution in [1.29, 1.82) is 0 Å². The van der Waals surface area contributed by atoms with Crippen LogP contribution >= 0.6 is 0 Å². The van der Waals surface area contributed by atoms with E-state index in [0.29, 0.717) is 6.42 Å². The quantitative estimate of drug-likeness (QED) is 0.707. The Labute approximate surface area is 95.2 Å². The van der Waals surface area contributed by atoms with E-state index in [1.54, 1.807) is 7.05 Å². The van der Waals surface area contributed by atoms with Crippen LogP contribution in [0.3, 0.4) is 0 Å². The summed E-state index contributed by atoms with van der Waals surface area (Å²) in [6.07, 6.45) is -0.566. The van der Waals surface area contributed by atoms with Crippen LogP contribution < -0.4 is 5.32 Å². The van der Waals surface area contributed by atoms with Gasteiger partial charge in [-0.2, -0.15) is 0 Å². The number of hydrogen-bond donors (Lipinski definition) is 2. The Morgan fingerprint density at radius 3 is 2.56 bits per heavy atom. The zero-order valence-corrected chi connectivity index (χ0v) is 9.51. The number of hydrogen-bond acceptors (Lipinski definition) is 4. The van der Waals surface area contributed by atoms with Crippen LogP contribution in [-0.2, 0) is 16.0 Å². The number of likely N-dealkylation sites (N-methyl/N-ethyl adjacent to an activating group) is 1. The second-order valence-corrected chi connectivity index (χ2v) is 3.55. The van der Waals surface area contributed by atoms with Crippen LogP contribution in [0.4, 0.5) is 0 Å². The summed E-state index contributed by atoms with van der Waals surface area (Å²) in [5.74, 6) is -0.615. The Morgan fingerprint density at radius 1 is 1.44 bits per heavy atom. The van der Waals surface area contributed by atoms with Crippen molar-refractivity contribution in [3.63, 3.8) is 0 Å². The molecular weight excluding hydrogens is 206 g/mol. The standard InChI is InChI=1S/C12H17NO3/c1-13-10(11(14)12(15)16-2)8-9-6-4-3-5-7-9/h3-7,10-11,13-14H,8H2,1-2H3/t10-,11+/m0/s1. The van der Waals surface area contributed by atoms with Gasteiger partial charge in [-0.15, -0.1) is 0 Å². The topological polar surface area (TPSA) is 58.6 Å². The lowest BCUT2D eigenvalue weighted by atomic mass is 10.0. The van der Waals surface area contributed by atoms with Gasteiger partial charge in [-0.1, -0.05) is 30.3 Å². The molecule has 0 amide bonds. The zero-order valence-electron chi connectivity index (χ0n) is 9.51. The molecule has 0 aliphatic carbocycles. The van der Waals surface area contributed by atoms with Crippen LogP contribution in [0.5, 0.6) is 0 Å². The van der Waals surface area contributed by atoms with Crippen molar-refractivity contribution in [3.8, 4) is 0 Å². The van der Waals surface area contributed by atoms with E-state index in [0.717, 1.165) is 5.56 Å². The molecule has 4 heteroatoms. The van der Waals surface area contributed by atoms with Crippen LogP contribution in [0.25, 0.3) is 0 Å². The summed E-state index contributed by atoms with van der Waals surface area (Å²) in [5.41, 5.74) is 1.06. The lowest BCUT2D eigenvalue weighted by Gasteiger charge is -2.20. The summed E-state index contributed by atoms with van der Waals surface area (Å²) >= 11 is 0. The van der Waals surface area contributed by atoms with Gasteiger partial charge in [-0.3, -0.25) is 0 Å². The van der Waals surface area contributed by atoms with Crippen LogP contribution in [0.1, 0.15) is 5.56 Å². The highest BCUT2D eigenvalue weighted by molar-refractivity contribution is 5.75. The SMILES string of the molecule is CN[C@@H](Cc1ccccc1)[C@@H](O)C(=O)OC. The Kier molecular flexibility index (Phi) is 4.95. The zero-order chi connectivity index (χ0) is 12.0. The largest absolute Gasteiger partial charge is 0.467 e. The number of esters is 1. The molecule has 1 rings (SSSR count). The smallest absolute Gasteiger partial charge is 0.336 e. The molecule has 4 nitrogen and oxygen atoms in total. The fourth-order valence-corrected chi connectivity index (χ4v) is 1.52. The molecule has 0 bridgehead atoms. The van der Waals surface area contributed by atoms with Gasteiger partial charge < -0.3 is 15.2 Å². The molecule has 2 N–H and O–H groups in total. The van der Waals surface area contributed by atoms with Gasteiger partial charge in [0.2, 0.25) is 0 Å². The van der Waals surface area contributed by atoms with Gasteiger partial charge in [0, 0.05) is 6.04 Å². The van der Waals surface area contributed by atoms with Gasteiger partial charge in [-0.05, 0) is 19.0 Å². The van der Waals surface area contributed by atoms with Gasteiger partial charge in [-0.25, -0.2) is 4.79 Å². The number of carbonyl (C=O) groups is 1. The first-order valence-corrected chi connectivity index (χ1v) is 5.16. The average Bonchev–Trinajstić information content (AvgIpc) is 2.35. The van der Waals surface area contributed by atoms with Crippen LogP contribution in [0.2, 0.25) is 0 Å². The number of carbonyl (C=O) groups excluding carboxylic acids is 1. The number of rotatable bonds is 5. The maximum absolute atomic E-state index is 11.2. The molecule has 1 aromatic carbocycles. The summed E-state index contributed by atoms with van der Waals surface area (Å²) < 4.78 is 4.50. The van der Waals surface area contributed by atoms with Crippen molar-refractivity contribution in [2.75, 3.05) is 14.2 Å². The lowest BCUT2D eigenvalue weighted by molar-refractivity contribution is -0.151. The second kappa shape index (κ2) is 6.25. The van der Waals surface area contributed by atoms with Crippen molar-refractivity contribution in [2.45, 2.75) is 18.6 Å². The molecule has 88 valence electrons. The lowest BCUT2D eigenvalue weighted by Crippen LogP contribution is -2.44. The number of aliphatic hydroxyl groups excluding tert-OH is 1. The molecule has 16 heavy (non-hydrogen) atoms. The predicted octanol–water partition coefficient (Wildman–Crippen LogP) is 0.351. The summed E-state index contributed by atoms with van der Waals surface area (Å²) in [7, 11) is 2.97. The minimum Gasteiger partial charge on any atom is -0.467 e. The van der Waals surface area contributed by atoms with Gasteiger partial charge >= 0.3 is 5.97 Å². The normalized spacial score (nSPS) is 14.2. The summed E-state index contributed by atoms with van der Waals surface area (Å²) in [6, 6.07) is 9.34. The van der Waals surface area contributed by atoms with E-state index in [1.165, 1.54) is 7.11 Å². The Morgan fingerprint density at radius 2 is 2.06 bits per heavy atom. The molecule has 0 saturated carbocycles. The average molecular weight is 223 g/mol. The summed E-state index contributed by atoms with van der Waals surface area (Å²) in [5, 5.41) is 12.6. The number of ether oxygens (including phenoxy) is 1. The van der Waals surface area contributed by atoms with Gasteiger partial charge in [0.25, 0.3) is 0 Å². The monoisotopic (exact) mass is 223 g/mol. The second-order valence-electron chi connectivity index (χ2n) is 3.55. The molecule has 1 aromatic rings. The van der Waals surface area contributed by atoms with E-state index in [9.17, 15) is 9.90 Å². The van der Waals surface area contributed by atoms with E-state index in [4.69, 9.17) is 0 Å². The highest BCUT2D eigenvalue weighted by Crippen LogP contribution is 2.06. The van der Waals surface area contributed by atoms with Crippen LogP contribution in [0.15, 0.2) is 30.3 Å². The van der Waals surface area contributed by atoms with Crippen molar-refractivity contribution in [2.24, 2.45) is 0 Å². The predicted molar refractivity (Wildman–Crippen MR) is 61.0 cm³/mol. The maximum Gasteiger partial charge on any atom is 0.336 e. The number of benzene rings is 1.